The number of carbonyl (C=O) groups is 1. The van der Waals surface area contributed by atoms with Crippen molar-refractivity contribution < 1.29 is 22.7 Å². The molecular weight excluding hydrogens is 389 g/mol. The fraction of sp³-hybridized carbons (Fsp3) is 0.200. The molecule has 0 aliphatic rings. The van der Waals surface area contributed by atoms with Gasteiger partial charge in [0, 0.05) is 4.88 Å². The normalized spacial score (nSPS) is 11.5. The third-order valence-corrected chi connectivity index (χ3v) is 5.06. The van der Waals surface area contributed by atoms with Crippen LogP contribution in [0.2, 0.25) is 0 Å². The minimum absolute atomic E-state index is 0.0448. The van der Waals surface area contributed by atoms with Crippen LogP contribution >= 0.6 is 23.1 Å². The van der Waals surface area contributed by atoms with Crippen LogP contribution in [0.15, 0.2) is 41.6 Å². The Hall–Kier alpha value is -2.40. The molecule has 0 aliphatic carbocycles. The van der Waals surface area contributed by atoms with Crippen molar-refractivity contribution in [2.75, 3.05) is 5.75 Å². The number of aryl methyl sites for hydroxylation is 1. The number of hydrogen-bond acceptors (Lipinski definition) is 7. The maximum atomic E-state index is 12.2. The zero-order valence-electron chi connectivity index (χ0n) is 13.2. The number of benzene rings is 1. The first-order valence-electron chi connectivity index (χ1n) is 7.19. The van der Waals surface area contributed by atoms with Gasteiger partial charge in [-0.25, -0.2) is 0 Å². The second kappa shape index (κ2) is 7.46. The lowest BCUT2D eigenvalue weighted by Gasteiger charge is -2.09. The van der Waals surface area contributed by atoms with Crippen molar-refractivity contribution in [3.63, 3.8) is 0 Å². The predicted octanol–water partition coefficient (Wildman–Crippen LogP) is 3.91. The maximum Gasteiger partial charge on any atom is 0.573 e. The number of carbonyl (C=O) groups excluding carboxylic acids is 1. The first-order chi connectivity index (χ1) is 12.3. The van der Waals surface area contributed by atoms with Gasteiger partial charge in [0.05, 0.1) is 16.3 Å². The van der Waals surface area contributed by atoms with Gasteiger partial charge < -0.3 is 4.74 Å². The van der Waals surface area contributed by atoms with E-state index in [1.807, 2.05) is 13.0 Å². The lowest BCUT2D eigenvalue weighted by molar-refractivity contribution is -0.274. The average molecular weight is 400 g/mol. The predicted molar refractivity (Wildman–Crippen MR) is 89.9 cm³/mol. The number of nitrogens with zero attached hydrogens (tertiary/aromatic N) is 4. The van der Waals surface area contributed by atoms with E-state index in [0.717, 1.165) is 16.6 Å². The molecule has 136 valence electrons. The maximum absolute atomic E-state index is 12.2. The summed E-state index contributed by atoms with van der Waals surface area (Å²) in [6, 6.07) is 8.76. The van der Waals surface area contributed by atoms with Crippen LogP contribution in [0.1, 0.15) is 14.5 Å². The van der Waals surface area contributed by atoms with Crippen molar-refractivity contribution in [3.8, 4) is 11.4 Å². The summed E-state index contributed by atoms with van der Waals surface area (Å²) in [6.07, 6.45) is -4.75. The molecule has 11 heteroatoms. The van der Waals surface area contributed by atoms with E-state index in [9.17, 15) is 18.0 Å². The molecule has 0 amide bonds. The fourth-order valence-electron chi connectivity index (χ4n) is 2.01. The molecule has 1 aromatic carbocycles. The van der Waals surface area contributed by atoms with E-state index in [4.69, 9.17) is 0 Å². The summed E-state index contributed by atoms with van der Waals surface area (Å²) in [5, 5.41) is 11.6. The molecule has 0 fully saturated rings. The topological polar surface area (TPSA) is 69.9 Å². The Bertz CT molecular complexity index is 906. The van der Waals surface area contributed by atoms with Gasteiger partial charge in [0.15, 0.2) is 5.78 Å². The Morgan fingerprint density at radius 2 is 1.96 bits per heavy atom. The standard InChI is InChI=1S/C15H11F3N4O2S2/c1-9-2-7-13(26-9)12(23)8-25-14-19-20-21-22(14)10-3-5-11(6-4-10)24-15(16,17)18/h2-7H,8H2,1H3. The molecule has 0 N–H and O–H groups in total. The highest BCUT2D eigenvalue weighted by Crippen LogP contribution is 2.25. The summed E-state index contributed by atoms with van der Waals surface area (Å²) in [4.78, 5) is 13.9. The van der Waals surface area contributed by atoms with Crippen LogP contribution in [-0.4, -0.2) is 38.1 Å². The number of thiophene rings is 1. The number of halogens is 3. The van der Waals surface area contributed by atoms with E-state index < -0.39 is 6.36 Å². The van der Waals surface area contributed by atoms with Crippen LogP contribution < -0.4 is 4.74 Å². The zero-order chi connectivity index (χ0) is 18.7. The van der Waals surface area contributed by atoms with Gasteiger partial charge in [0.25, 0.3) is 0 Å². The van der Waals surface area contributed by atoms with E-state index >= 15 is 0 Å². The fourth-order valence-corrected chi connectivity index (χ4v) is 3.68. The number of rotatable bonds is 6. The van der Waals surface area contributed by atoms with Crippen molar-refractivity contribution in [3.05, 3.63) is 46.2 Å². The summed E-state index contributed by atoms with van der Waals surface area (Å²) < 4.78 is 41.8. The number of alkyl halides is 3. The number of ether oxygens (including phenoxy) is 1. The van der Waals surface area contributed by atoms with Crippen LogP contribution in [-0.2, 0) is 0 Å². The van der Waals surface area contributed by atoms with Crippen LogP contribution in [0.3, 0.4) is 0 Å². The summed E-state index contributed by atoms with van der Waals surface area (Å²) >= 11 is 2.56. The van der Waals surface area contributed by atoms with Gasteiger partial charge in [-0.1, -0.05) is 11.8 Å². The van der Waals surface area contributed by atoms with Gasteiger partial charge in [-0.3, -0.25) is 4.79 Å². The van der Waals surface area contributed by atoms with Crippen LogP contribution in [0.4, 0.5) is 13.2 Å². The SMILES string of the molecule is Cc1ccc(C(=O)CSc2nnnn2-c2ccc(OC(F)(F)F)cc2)s1. The van der Waals surface area contributed by atoms with E-state index in [0.29, 0.717) is 15.7 Å². The molecule has 0 atom stereocenters. The summed E-state index contributed by atoms with van der Waals surface area (Å²) in [7, 11) is 0. The van der Waals surface area contributed by atoms with Crippen LogP contribution in [0, 0.1) is 6.92 Å². The molecule has 0 spiro atoms. The van der Waals surface area contributed by atoms with Crippen molar-refractivity contribution in [1.82, 2.24) is 20.2 Å². The Morgan fingerprint density at radius 1 is 1.23 bits per heavy atom. The molecule has 26 heavy (non-hydrogen) atoms. The smallest absolute Gasteiger partial charge is 0.406 e. The van der Waals surface area contributed by atoms with E-state index in [1.54, 1.807) is 6.07 Å². The van der Waals surface area contributed by atoms with Gasteiger partial charge in [-0.05, 0) is 53.7 Å². The summed E-state index contributed by atoms with van der Waals surface area (Å²) in [5.74, 6) is -0.237. The van der Waals surface area contributed by atoms with Crippen molar-refractivity contribution >= 4 is 28.9 Å². The zero-order valence-corrected chi connectivity index (χ0v) is 14.9. The first-order valence-corrected chi connectivity index (χ1v) is 8.99. The number of Topliss-reactive ketones (excluding diaryl/α,β-unsaturated/α-hetero) is 1. The van der Waals surface area contributed by atoms with E-state index in [2.05, 4.69) is 20.3 Å². The largest absolute Gasteiger partial charge is 0.573 e. The van der Waals surface area contributed by atoms with Gasteiger partial charge in [-0.2, -0.15) is 4.68 Å². The number of aromatic nitrogens is 4. The minimum atomic E-state index is -4.75. The van der Waals surface area contributed by atoms with Crippen molar-refractivity contribution in [2.24, 2.45) is 0 Å². The number of thioether (sulfide) groups is 1. The molecule has 0 saturated carbocycles. The molecule has 6 nitrogen and oxygen atoms in total. The van der Waals surface area contributed by atoms with Crippen LogP contribution in [0.5, 0.6) is 5.75 Å². The first kappa shape index (κ1) is 18.4. The van der Waals surface area contributed by atoms with Gasteiger partial charge >= 0.3 is 6.36 Å². The quantitative estimate of drug-likeness (QED) is 0.462. The second-order valence-electron chi connectivity index (χ2n) is 5.04. The molecule has 2 heterocycles. The van der Waals surface area contributed by atoms with Gasteiger partial charge in [-0.15, -0.1) is 29.6 Å². The lowest BCUT2D eigenvalue weighted by Crippen LogP contribution is -2.17. The monoisotopic (exact) mass is 400 g/mol. The molecule has 0 bridgehead atoms. The molecule has 0 saturated heterocycles. The third kappa shape index (κ3) is 4.61. The molecule has 2 aromatic heterocycles. The van der Waals surface area contributed by atoms with E-state index in [-0.39, 0.29) is 17.3 Å². The second-order valence-corrected chi connectivity index (χ2v) is 7.27. The molecule has 3 aromatic rings. The van der Waals surface area contributed by atoms with E-state index in [1.165, 1.54) is 40.3 Å². The molecule has 0 radical (unpaired) electrons. The van der Waals surface area contributed by atoms with Crippen molar-refractivity contribution in [2.45, 2.75) is 18.4 Å². The highest BCUT2D eigenvalue weighted by Gasteiger charge is 2.31. The molecular formula is C15H11F3N4O2S2. The number of tetrazole rings is 1. The Kier molecular flexibility index (Phi) is 5.28. The van der Waals surface area contributed by atoms with Gasteiger partial charge in [0.1, 0.15) is 5.75 Å². The summed E-state index contributed by atoms with van der Waals surface area (Å²) in [6.45, 7) is 1.92. The average Bonchev–Trinajstić information content (AvgIpc) is 3.21. The van der Waals surface area contributed by atoms with Crippen LogP contribution in [0.25, 0.3) is 5.69 Å². The molecule has 0 unspecified atom stereocenters. The number of ketones is 1. The Morgan fingerprint density at radius 3 is 2.58 bits per heavy atom. The summed E-state index contributed by atoms with van der Waals surface area (Å²) in [5.41, 5.74) is 0.450. The molecule has 3 rings (SSSR count). The van der Waals surface area contributed by atoms with Gasteiger partial charge in [0.2, 0.25) is 5.16 Å². The Balaban J connectivity index is 1.69. The van der Waals surface area contributed by atoms with Crippen molar-refractivity contribution in [1.29, 1.82) is 0 Å². The third-order valence-electron chi connectivity index (χ3n) is 3.10. The minimum Gasteiger partial charge on any atom is -0.406 e. The Labute approximate surface area is 154 Å². The highest BCUT2D eigenvalue weighted by molar-refractivity contribution is 7.99. The number of hydrogen-bond donors (Lipinski definition) is 0. The molecule has 0 aliphatic heterocycles. The highest BCUT2D eigenvalue weighted by atomic mass is 32.2. The lowest BCUT2D eigenvalue weighted by atomic mass is 10.3.